The summed E-state index contributed by atoms with van der Waals surface area (Å²) in [4.78, 5) is 25.7. The fraction of sp³-hybridized carbons (Fsp3) is 0.125. The van der Waals surface area contributed by atoms with E-state index in [-0.39, 0.29) is 34.1 Å². The Morgan fingerprint density at radius 3 is 2.27 bits per heavy atom. The Hall–Kier alpha value is -4.18. The maximum atomic E-state index is 11.5. The van der Waals surface area contributed by atoms with Crippen LogP contribution in [0.5, 0.6) is 5.88 Å². The van der Waals surface area contributed by atoms with Gasteiger partial charge < -0.3 is 9.47 Å². The van der Waals surface area contributed by atoms with Gasteiger partial charge in [-0.25, -0.2) is 4.79 Å². The average molecular weight is 353 g/mol. The summed E-state index contributed by atoms with van der Waals surface area (Å²) >= 11 is 0. The molecule has 0 aliphatic rings. The smallest absolute Gasteiger partial charge is 0.412 e. The van der Waals surface area contributed by atoms with Gasteiger partial charge in [-0.2, -0.15) is 15.5 Å². The van der Waals surface area contributed by atoms with Crippen molar-refractivity contribution >= 4 is 17.6 Å². The standard InChI is InChI=1S/C16H11N5O5/c1-25-15-12(8-18)13(9-3-5-10(6-4-9)21(23)24)11(7-17)14(19-15)20-16(22)26-2/h3-6H,1-2H3,(H,19,20,22). The second-order valence-corrected chi connectivity index (χ2v) is 4.74. The van der Waals surface area contributed by atoms with Gasteiger partial charge >= 0.3 is 6.09 Å². The molecule has 0 saturated carbocycles. The van der Waals surface area contributed by atoms with E-state index in [4.69, 9.17) is 4.74 Å². The Morgan fingerprint density at radius 1 is 1.19 bits per heavy atom. The first kappa shape index (κ1) is 18.2. The van der Waals surface area contributed by atoms with E-state index in [0.717, 1.165) is 7.11 Å². The zero-order chi connectivity index (χ0) is 19.3. The zero-order valence-corrected chi connectivity index (χ0v) is 13.6. The van der Waals surface area contributed by atoms with Crippen LogP contribution in [0.4, 0.5) is 16.3 Å². The molecule has 0 atom stereocenters. The summed E-state index contributed by atoms with van der Waals surface area (Å²) < 4.78 is 9.56. The quantitative estimate of drug-likeness (QED) is 0.650. The third-order valence-corrected chi connectivity index (χ3v) is 3.35. The fourth-order valence-corrected chi connectivity index (χ4v) is 2.20. The molecule has 10 heteroatoms. The van der Waals surface area contributed by atoms with Gasteiger partial charge in [-0.15, -0.1) is 0 Å². The molecule has 0 radical (unpaired) electrons. The molecule has 0 aliphatic heterocycles. The molecular weight excluding hydrogens is 342 g/mol. The molecule has 1 aromatic heterocycles. The predicted molar refractivity (Wildman–Crippen MR) is 88.3 cm³/mol. The Balaban J connectivity index is 2.78. The number of nitrogens with one attached hydrogen (secondary N) is 1. The molecule has 0 saturated heterocycles. The van der Waals surface area contributed by atoms with Gasteiger partial charge in [0.25, 0.3) is 5.69 Å². The maximum Gasteiger partial charge on any atom is 0.412 e. The third kappa shape index (κ3) is 3.34. The molecule has 1 heterocycles. The first-order valence-corrected chi connectivity index (χ1v) is 6.98. The summed E-state index contributed by atoms with van der Waals surface area (Å²) in [6, 6.07) is 9.03. The maximum absolute atomic E-state index is 11.5. The number of nitro benzene ring substituents is 1. The summed E-state index contributed by atoms with van der Waals surface area (Å²) in [5.74, 6) is -0.283. The van der Waals surface area contributed by atoms with Gasteiger partial charge in [0.2, 0.25) is 5.88 Å². The van der Waals surface area contributed by atoms with Crippen LogP contribution in [-0.4, -0.2) is 30.2 Å². The van der Waals surface area contributed by atoms with Crippen molar-refractivity contribution in [2.75, 3.05) is 19.5 Å². The minimum atomic E-state index is -0.865. The number of ether oxygens (including phenoxy) is 2. The minimum absolute atomic E-state index is 0.0479. The summed E-state index contributed by atoms with van der Waals surface area (Å²) in [5.41, 5.74) is 0.162. The first-order chi connectivity index (χ1) is 12.5. The first-order valence-electron chi connectivity index (χ1n) is 6.98. The zero-order valence-electron chi connectivity index (χ0n) is 13.6. The van der Waals surface area contributed by atoms with Gasteiger partial charge in [-0.05, 0) is 17.7 Å². The summed E-state index contributed by atoms with van der Waals surface area (Å²) in [5, 5.41) is 32.1. The van der Waals surface area contributed by atoms with Gasteiger partial charge in [0.05, 0.1) is 19.1 Å². The van der Waals surface area contributed by atoms with E-state index in [1.54, 1.807) is 0 Å². The number of nitro groups is 1. The van der Waals surface area contributed by atoms with Crippen molar-refractivity contribution < 1.29 is 19.2 Å². The van der Waals surface area contributed by atoms with E-state index in [2.05, 4.69) is 15.0 Å². The number of amides is 1. The highest BCUT2D eigenvalue weighted by atomic mass is 16.6. The molecule has 26 heavy (non-hydrogen) atoms. The van der Waals surface area contributed by atoms with Crippen LogP contribution < -0.4 is 10.1 Å². The van der Waals surface area contributed by atoms with Crippen molar-refractivity contribution in [3.63, 3.8) is 0 Å². The van der Waals surface area contributed by atoms with Crippen LogP contribution in [0.1, 0.15) is 11.1 Å². The number of carbonyl (C=O) groups excluding carboxylic acids is 1. The predicted octanol–water partition coefficient (Wildman–Crippen LogP) is 2.59. The summed E-state index contributed by atoms with van der Waals surface area (Å²) in [6.45, 7) is 0. The van der Waals surface area contributed by atoms with E-state index in [1.165, 1.54) is 31.4 Å². The lowest BCUT2D eigenvalue weighted by Crippen LogP contribution is -2.15. The Bertz CT molecular complexity index is 957. The van der Waals surface area contributed by atoms with Crippen molar-refractivity contribution in [1.29, 1.82) is 10.5 Å². The lowest BCUT2D eigenvalue weighted by atomic mass is 9.96. The number of anilines is 1. The lowest BCUT2D eigenvalue weighted by molar-refractivity contribution is -0.384. The molecule has 1 N–H and O–H groups in total. The number of aromatic nitrogens is 1. The molecule has 0 unspecified atom stereocenters. The highest BCUT2D eigenvalue weighted by molar-refractivity contribution is 5.90. The van der Waals surface area contributed by atoms with Crippen molar-refractivity contribution in [2.45, 2.75) is 0 Å². The van der Waals surface area contributed by atoms with E-state index in [1.807, 2.05) is 12.1 Å². The van der Waals surface area contributed by atoms with Gasteiger partial charge in [0, 0.05) is 17.7 Å². The highest BCUT2D eigenvalue weighted by Crippen LogP contribution is 2.36. The number of benzene rings is 1. The van der Waals surface area contributed by atoms with Crippen LogP contribution in [0.15, 0.2) is 24.3 Å². The molecule has 0 aliphatic carbocycles. The number of hydrogen-bond donors (Lipinski definition) is 1. The molecule has 0 bridgehead atoms. The fourth-order valence-electron chi connectivity index (χ4n) is 2.20. The van der Waals surface area contributed by atoms with Crippen LogP contribution in [0.3, 0.4) is 0 Å². The third-order valence-electron chi connectivity index (χ3n) is 3.35. The van der Waals surface area contributed by atoms with Crippen LogP contribution >= 0.6 is 0 Å². The molecule has 1 aromatic carbocycles. The van der Waals surface area contributed by atoms with Gasteiger partial charge in [-0.3, -0.25) is 15.4 Å². The molecule has 0 spiro atoms. The van der Waals surface area contributed by atoms with Crippen LogP contribution in [0, 0.1) is 32.8 Å². The molecular formula is C16H11N5O5. The topological polar surface area (TPSA) is 151 Å². The van der Waals surface area contributed by atoms with Crippen molar-refractivity contribution in [3.8, 4) is 29.1 Å². The van der Waals surface area contributed by atoms with Crippen molar-refractivity contribution in [3.05, 3.63) is 45.5 Å². The monoisotopic (exact) mass is 353 g/mol. The van der Waals surface area contributed by atoms with E-state index < -0.39 is 11.0 Å². The van der Waals surface area contributed by atoms with Crippen LogP contribution in [0.2, 0.25) is 0 Å². The SMILES string of the molecule is COC(=O)Nc1nc(OC)c(C#N)c(-c2ccc([N+](=O)[O-])cc2)c1C#N. The van der Waals surface area contributed by atoms with Crippen LogP contribution in [-0.2, 0) is 4.74 Å². The number of rotatable bonds is 4. The Labute approximate surface area is 147 Å². The van der Waals surface area contributed by atoms with E-state index in [0.29, 0.717) is 5.56 Å². The van der Waals surface area contributed by atoms with Gasteiger partial charge in [0.15, 0.2) is 5.82 Å². The second-order valence-electron chi connectivity index (χ2n) is 4.74. The molecule has 10 nitrogen and oxygen atoms in total. The average Bonchev–Trinajstić information content (AvgIpc) is 2.66. The number of hydrogen-bond acceptors (Lipinski definition) is 8. The summed E-state index contributed by atoms with van der Waals surface area (Å²) in [7, 11) is 2.41. The molecule has 2 aromatic rings. The van der Waals surface area contributed by atoms with E-state index >= 15 is 0 Å². The number of nitriles is 2. The Kier molecular flexibility index (Phi) is 5.30. The number of carbonyl (C=O) groups is 1. The summed E-state index contributed by atoms with van der Waals surface area (Å²) in [6.07, 6.45) is -0.865. The van der Waals surface area contributed by atoms with E-state index in [9.17, 15) is 25.4 Å². The molecule has 1 amide bonds. The molecule has 2 rings (SSSR count). The molecule has 130 valence electrons. The van der Waals surface area contributed by atoms with Crippen molar-refractivity contribution in [2.24, 2.45) is 0 Å². The lowest BCUT2D eigenvalue weighted by Gasteiger charge is -2.14. The Morgan fingerprint density at radius 2 is 1.81 bits per heavy atom. The normalized spacial score (nSPS) is 9.54. The highest BCUT2D eigenvalue weighted by Gasteiger charge is 2.23. The van der Waals surface area contributed by atoms with Gasteiger partial charge in [-0.1, -0.05) is 0 Å². The number of nitrogens with zero attached hydrogens (tertiary/aromatic N) is 4. The largest absolute Gasteiger partial charge is 0.480 e. The number of pyridine rings is 1. The second kappa shape index (κ2) is 7.59. The molecule has 0 fully saturated rings. The number of methoxy groups -OCH3 is 2. The number of non-ortho nitro benzene ring substituents is 1. The minimum Gasteiger partial charge on any atom is -0.480 e. The van der Waals surface area contributed by atoms with Gasteiger partial charge in [0.1, 0.15) is 23.3 Å². The van der Waals surface area contributed by atoms with Crippen LogP contribution in [0.25, 0.3) is 11.1 Å². The van der Waals surface area contributed by atoms with Crippen molar-refractivity contribution in [1.82, 2.24) is 4.98 Å².